The summed E-state index contributed by atoms with van der Waals surface area (Å²) in [6, 6.07) is 1.99. The van der Waals surface area contributed by atoms with Crippen LogP contribution < -0.4 is 9.73 Å². The van der Waals surface area contributed by atoms with Crippen molar-refractivity contribution in [1.29, 1.82) is 0 Å². The van der Waals surface area contributed by atoms with Gasteiger partial charge in [-0.15, -0.1) is 0 Å². The van der Waals surface area contributed by atoms with Crippen LogP contribution in [0.15, 0.2) is 18.5 Å². The second-order valence-electron chi connectivity index (χ2n) is 7.36. The van der Waals surface area contributed by atoms with Crippen LogP contribution in [0.5, 0.6) is 0 Å². The lowest BCUT2D eigenvalue weighted by atomic mass is 9.93. The van der Waals surface area contributed by atoms with E-state index < -0.39 is 17.4 Å². The Morgan fingerprint density at radius 3 is 2.96 bits per heavy atom. The summed E-state index contributed by atoms with van der Waals surface area (Å²) in [5.74, 6) is 1.21. The molecule has 0 aliphatic carbocycles. The van der Waals surface area contributed by atoms with Crippen molar-refractivity contribution < 1.29 is 13.9 Å². The van der Waals surface area contributed by atoms with Gasteiger partial charge in [0.25, 0.3) is 0 Å². The topological polar surface area (TPSA) is 122 Å². The van der Waals surface area contributed by atoms with Crippen molar-refractivity contribution in [1.82, 2.24) is 24.4 Å². The molecule has 4 rings (SSSR count). The maximum absolute atomic E-state index is 10.5. The largest absolute Gasteiger partial charge is 0.760 e. The number of aromatic nitrogens is 4. The highest BCUT2D eigenvalue weighted by molar-refractivity contribution is 7.77. The predicted octanol–water partition coefficient (Wildman–Crippen LogP) is 1.48. The summed E-state index contributed by atoms with van der Waals surface area (Å²) < 4.78 is 25.6. The highest BCUT2D eigenvalue weighted by atomic mass is 32.2. The van der Waals surface area contributed by atoms with Crippen molar-refractivity contribution in [3.63, 3.8) is 0 Å². The van der Waals surface area contributed by atoms with E-state index in [-0.39, 0.29) is 0 Å². The van der Waals surface area contributed by atoms with Crippen LogP contribution in [0.3, 0.4) is 0 Å². The van der Waals surface area contributed by atoms with Gasteiger partial charge >= 0.3 is 0 Å². The number of nitrogens with zero attached hydrogens (tertiary/aromatic N) is 4. The summed E-state index contributed by atoms with van der Waals surface area (Å²) in [6.07, 6.45) is 6.85. The summed E-state index contributed by atoms with van der Waals surface area (Å²) in [4.78, 5) is 12.2. The molecule has 1 aliphatic rings. The van der Waals surface area contributed by atoms with E-state index in [1.54, 1.807) is 13.1 Å². The zero-order valence-electron chi connectivity index (χ0n) is 15.8. The third-order valence-electron chi connectivity index (χ3n) is 5.46. The number of imidazole rings is 1. The number of H-pyrrole nitrogens is 1. The molecular weight excluding hydrogens is 380 g/mol. The summed E-state index contributed by atoms with van der Waals surface area (Å²) in [6.45, 7) is 3.96. The molecule has 1 aliphatic heterocycles. The molecule has 3 aromatic rings. The Bertz CT molecular complexity index is 976. The molecule has 28 heavy (non-hydrogen) atoms. The number of pyridine rings is 1. The third-order valence-corrected chi connectivity index (χ3v) is 5.90. The fraction of sp³-hybridized carbons (Fsp3) is 0.556. The van der Waals surface area contributed by atoms with Crippen LogP contribution >= 0.6 is 0 Å². The van der Waals surface area contributed by atoms with Crippen LogP contribution in [0.25, 0.3) is 22.1 Å². The number of aromatic amines is 1. The fourth-order valence-electron chi connectivity index (χ4n) is 4.08. The van der Waals surface area contributed by atoms with Gasteiger partial charge in [-0.25, -0.2) is 19.4 Å². The molecule has 152 valence electrons. The minimum Gasteiger partial charge on any atom is -0.760 e. The summed E-state index contributed by atoms with van der Waals surface area (Å²) in [7, 11) is 0. The second kappa shape index (κ2) is 8.16. The van der Waals surface area contributed by atoms with E-state index in [9.17, 15) is 13.9 Å². The van der Waals surface area contributed by atoms with Crippen LogP contribution in [-0.2, 0) is 11.3 Å². The zero-order valence-corrected chi connectivity index (χ0v) is 16.6. The standard InChI is InChI=1S/C18H26N6O3S/c1-12(25)18-22-15-11-20-17-14(4-8-19-17)16(15)24(18)23-9-5-13(6-10-23)3-2-7-21-28(26)27/h4,8,11-13,21,25H,2-3,5-7,9-10H2,1H3,(H,19,20)(H,26,27)/p-1/t12-/m1/s1. The predicted molar refractivity (Wildman–Crippen MR) is 107 cm³/mol. The lowest BCUT2D eigenvalue weighted by Crippen LogP contribution is -2.42. The Morgan fingerprint density at radius 1 is 1.46 bits per heavy atom. The quantitative estimate of drug-likeness (QED) is 0.404. The number of rotatable bonds is 7. The molecule has 0 aromatic carbocycles. The van der Waals surface area contributed by atoms with Crippen LogP contribution in [-0.4, -0.2) is 53.1 Å². The molecule has 1 saturated heterocycles. The maximum atomic E-state index is 10.5. The first kappa shape index (κ1) is 19.3. The number of fused-ring (bicyclic) bond motifs is 3. The number of aliphatic hydroxyl groups is 1. The van der Waals surface area contributed by atoms with Crippen molar-refractivity contribution in [2.45, 2.75) is 38.7 Å². The Balaban J connectivity index is 1.54. The van der Waals surface area contributed by atoms with Gasteiger partial charge in [-0.3, -0.25) is 4.21 Å². The normalized spacial score (nSPS) is 18.2. The van der Waals surface area contributed by atoms with E-state index in [2.05, 4.69) is 29.4 Å². The number of hydrogen-bond acceptors (Lipinski definition) is 6. The van der Waals surface area contributed by atoms with Crippen LogP contribution in [0.4, 0.5) is 0 Å². The van der Waals surface area contributed by atoms with Crippen molar-refractivity contribution in [2.75, 3.05) is 24.6 Å². The average molecular weight is 406 g/mol. The minimum atomic E-state index is -2.18. The molecule has 10 heteroatoms. The molecule has 0 saturated carbocycles. The molecule has 3 aromatic heterocycles. The van der Waals surface area contributed by atoms with E-state index in [4.69, 9.17) is 0 Å². The summed E-state index contributed by atoms with van der Waals surface area (Å²) in [5, 5.41) is 13.6. The Labute approximate surface area is 165 Å². The summed E-state index contributed by atoms with van der Waals surface area (Å²) in [5.41, 5.74) is 2.56. The lowest BCUT2D eigenvalue weighted by Gasteiger charge is -2.35. The molecule has 4 heterocycles. The molecule has 3 N–H and O–H groups in total. The van der Waals surface area contributed by atoms with Gasteiger partial charge in [0.05, 0.1) is 6.20 Å². The first-order valence-electron chi connectivity index (χ1n) is 9.65. The Hall–Kier alpha value is -2.01. The number of hydrogen-bond donors (Lipinski definition) is 3. The molecule has 0 amide bonds. The third kappa shape index (κ3) is 3.77. The maximum Gasteiger partial charge on any atom is 0.157 e. The van der Waals surface area contributed by atoms with Crippen molar-refractivity contribution in [2.24, 2.45) is 5.92 Å². The molecule has 0 bridgehead atoms. The van der Waals surface area contributed by atoms with Crippen LogP contribution in [0.1, 0.15) is 44.5 Å². The van der Waals surface area contributed by atoms with E-state index >= 15 is 0 Å². The average Bonchev–Trinajstić information content (AvgIpc) is 3.29. The molecule has 1 fully saturated rings. The van der Waals surface area contributed by atoms with Gasteiger partial charge < -0.3 is 19.7 Å². The van der Waals surface area contributed by atoms with Gasteiger partial charge in [-0.1, -0.05) is 0 Å². The monoisotopic (exact) mass is 405 g/mol. The smallest absolute Gasteiger partial charge is 0.157 e. The van der Waals surface area contributed by atoms with Gasteiger partial charge in [0.1, 0.15) is 22.8 Å². The van der Waals surface area contributed by atoms with Crippen molar-refractivity contribution >= 4 is 33.3 Å². The van der Waals surface area contributed by atoms with Crippen molar-refractivity contribution in [3.8, 4) is 0 Å². The van der Waals surface area contributed by atoms with Crippen molar-refractivity contribution in [3.05, 3.63) is 24.3 Å². The fourth-order valence-corrected chi connectivity index (χ4v) is 4.40. The Morgan fingerprint density at radius 2 is 2.25 bits per heavy atom. The van der Waals surface area contributed by atoms with Gasteiger partial charge in [0.2, 0.25) is 0 Å². The molecular formula is C18H25N6O3S-. The first-order chi connectivity index (χ1) is 13.5. The van der Waals surface area contributed by atoms with Gasteiger partial charge in [0.15, 0.2) is 5.82 Å². The number of piperidine rings is 1. The van der Waals surface area contributed by atoms with E-state index in [0.717, 1.165) is 60.8 Å². The van der Waals surface area contributed by atoms with E-state index in [1.165, 1.54) is 0 Å². The lowest BCUT2D eigenvalue weighted by molar-refractivity contribution is 0.182. The minimum absolute atomic E-state index is 0.493. The van der Waals surface area contributed by atoms with Gasteiger partial charge in [-0.2, -0.15) is 0 Å². The second-order valence-corrected chi connectivity index (χ2v) is 8.12. The molecule has 0 radical (unpaired) electrons. The van der Waals surface area contributed by atoms with E-state index in [0.29, 0.717) is 18.3 Å². The van der Waals surface area contributed by atoms with Gasteiger partial charge in [-0.05, 0) is 44.6 Å². The Kier molecular flexibility index (Phi) is 5.63. The SMILES string of the molecule is C[C@@H](O)c1nc2cnc3[nH]ccc3c2n1N1CCC(CCCNS(=O)[O-])CC1. The summed E-state index contributed by atoms with van der Waals surface area (Å²) >= 11 is -2.18. The van der Waals surface area contributed by atoms with Gasteiger partial charge in [0, 0.05) is 42.5 Å². The number of aliphatic hydroxyl groups excluding tert-OH is 1. The highest BCUT2D eigenvalue weighted by Crippen LogP contribution is 2.29. The zero-order chi connectivity index (χ0) is 19.7. The molecule has 1 unspecified atom stereocenters. The molecule has 9 nitrogen and oxygen atoms in total. The van der Waals surface area contributed by atoms with Crippen LogP contribution in [0, 0.1) is 5.92 Å². The first-order valence-corrected chi connectivity index (χ1v) is 10.7. The molecule has 2 atom stereocenters. The highest BCUT2D eigenvalue weighted by Gasteiger charge is 2.25. The number of nitrogens with one attached hydrogen (secondary N) is 2. The van der Waals surface area contributed by atoms with Crippen LogP contribution in [0.2, 0.25) is 0 Å². The van der Waals surface area contributed by atoms with E-state index in [1.807, 2.05) is 12.3 Å². The molecule has 0 spiro atoms.